The molecule has 1 aliphatic carbocycles. The van der Waals surface area contributed by atoms with Crippen molar-refractivity contribution in [3.8, 4) is 0 Å². The third-order valence-corrected chi connectivity index (χ3v) is 5.67. The van der Waals surface area contributed by atoms with Gasteiger partial charge in [-0.2, -0.15) is 0 Å². The fourth-order valence-corrected chi connectivity index (χ4v) is 4.24. The normalized spacial score (nSPS) is 17.4. The van der Waals surface area contributed by atoms with E-state index in [1.807, 2.05) is 0 Å². The van der Waals surface area contributed by atoms with E-state index in [2.05, 4.69) is 13.8 Å². The van der Waals surface area contributed by atoms with Gasteiger partial charge >= 0.3 is 0 Å². The molecule has 0 spiro atoms. The van der Waals surface area contributed by atoms with Crippen molar-refractivity contribution >= 4 is 0 Å². The fraction of sp³-hybridized carbons (Fsp3) is 1.00. The maximum Gasteiger partial charge on any atom is -0.0386 e. The largest absolute Gasteiger partial charge is 0.0654 e. The molecule has 1 unspecified atom stereocenters. The van der Waals surface area contributed by atoms with Crippen molar-refractivity contribution in [2.45, 2.75) is 123 Å². The first-order chi connectivity index (χ1) is 10.4. The monoisotopic (exact) mass is 294 g/mol. The van der Waals surface area contributed by atoms with Crippen molar-refractivity contribution in [3.05, 3.63) is 0 Å². The number of hydrogen-bond donors (Lipinski definition) is 0. The van der Waals surface area contributed by atoms with Crippen LogP contribution in [0.5, 0.6) is 0 Å². The number of unbranched alkanes of at least 4 members (excludes halogenated alkanes) is 9. The van der Waals surface area contributed by atoms with E-state index in [0.717, 1.165) is 11.8 Å². The van der Waals surface area contributed by atoms with E-state index in [4.69, 9.17) is 0 Å². The molecule has 0 bridgehead atoms. The van der Waals surface area contributed by atoms with E-state index in [0.29, 0.717) is 0 Å². The van der Waals surface area contributed by atoms with Gasteiger partial charge in [0.2, 0.25) is 0 Å². The van der Waals surface area contributed by atoms with Gasteiger partial charge in [-0.25, -0.2) is 0 Å². The van der Waals surface area contributed by atoms with Gasteiger partial charge in [-0.1, -0.05) is 123 Å². The maximum absolute atomic E-state index is 2.32. The Morgan fingerprint density at radius 2 is 1.05 bits per heavy atom. The molecule has 0 amide bonds. The summed E-state index contributed by atoms with van der Waals surface area (Å²) in [5.41, 5.74) is 0. The highest BCUT2D eigenvalue weighted by atomic mass is 14.3. The highest BCUT2D eigenvalue weighted by Gasteiger charge is 2.23. The summed E-state index contributed by atoms with van der Waals surface area (Å²) in [5, 5.41) is 0. The Balaban J connectivity index is 2.12. The van der Waals surface area contributed by atoms with E-state index in [9.17, 15) is 0 Å². The third kappa shape index (κ3) is 9.59. The number of hydrogen-bond acceptors (Lipinski definition) is 0. The predicted molar refractivity (Wildman–Crippen MR) is 96.8 cm³/mol. The molecule has 0 aromatic heterocycles. The first-order valence-corrected chi connectivity index (χ1v) is 10.4. The molecule has 1 rings (SSSR count). The SMILES string of the molecule is CCCCCCCCC(CCCCCCC)C1CCCC1. The molecule has 1 atom stereocenters. The van der Waals surface area contributed by atoms with Crippen molar-refractivity contribution in [1.29, 1.82) is 0 Å². The van der Waals surface area contributed by atoms with Crippen LogP contribution in [0.4, 0.5) is 0 Å². The van der Waals surface area contributed by atoms with Crippen LogP contribution >= 0.6 is 0 Å². The Hall–Kier alpha value is 0. The van der Waals surface area contributed by atoms with Gasteiger partial charge in [0.15, 0.2) is 0 Å². The molecule has 0 heterocycles. The van der Waals surface area contributed by atoms with Gasteiger partial charge in [-0.05, 0) is 11.8 Å². The van der Waals surface area contributed by atoms with Crippen LogP contribution in [-0.2, 0) is 0 Å². The summed E-state index contributed by atoms with van der Waals surface area (Å²) in [4.78, 5) is 0. The molecule has 1 fully saturated rings. The van der Waals surface area contributed by atoms with E-state index < -0.39 is 0 Å². The quantitative estimate of drug-likeness (QED) is 0.285. The molecule has 21 heavy (non-hydrogen) atoms. The number of rotatable bonds is 14. The summed E-state index contributed by atoms with van der Waals surface area (Å²) >= 11 is 0. The first-order valence-electron chi connectivity index (χ1n) is 10.4. The van der Waals surface area contributed by atoms with E-state index in [1.54, 1.807) is 25.7 Å². The smallest absolute Gasteiger partial charge is 0.0386 e. The summed E-state index contributed by atoms with van der Waals surface area (Å²) < 4.78 is 0. The zero-order valence-electron chi connectivity index (χ0n) is 15.2. The van der Waals surface area contributed by atoms with Crippen molar-refractivity contribution in [3.63, 3.8) is 0 Å². The van der Waals surface area contributed by atoms with Crippen LogP contribution in [0.15, 0.2) is 0 Å². The van der Waals surface area contributed by atoms with Crippen LogP contribution in [-0.4, -0.2) is 0 Å². The minimum atomic E-state index is 1.08. The van der Waals surface area contributed by atoms with Gasteiger partial charge in [0.1, 0.15) is 0 Å². The van der Waals surface area contributed by atoms with Crippen LogP contribution < -0.4 is 0 Å². The molecule has 0 aliphatic heterocycles. The molecule has 0 saturated heterocycles. The summed E-state index contributed by atoms with van der Waals surface area (Å²) in [6.07, 6.45) is 25.3. The summed E-state index contributed by atoms with van der Waals surface area (Å²) in [5.74, 6) is 2.19. The molecule has 0 N–H and O–H groups in total. The lowest BCUT2D eigenvalue weighted by Gasteiger charge is -2.23. The average molecular weight is 295 g/mol. The van der Waals surface area contributed by atoms with E-state index in [1.165, 1.54) is 83.5 Å². The van der Waals surface area contributed by atoms with Crippen LogP contribution in [0.25, 0.3) is 0 Å². The summed E-state index contributed by atoms with van der Waals surface area (Å²) in [6.45, 7) is 4.63. The van der Waals surface area contributed by atoms with Crippen molar-refractivity contribution in [2.75, 3.05) is 0 Å². The summed E-state index contributed by atoms with van der Waals surface area (Å²) in [7, 11) is 0. The van der Waals surface area contributed by atoms with Gasteiger partial charge < -0.3 is 0 Å². The minimum absolute atomic E-state index is 1.08. The van der Waals surface area contributed by atoms with Crippen LogP contribution in [0, 0.1) is 11.8 Å². The lowest BCUT2D eigenvalue weighted by Crippen LogP contribution is -2.12. The highest BCUT2D eigenvalue weighted by Crippen LogP contribution is 2.37. The first kappa shape index (κ1) is 19.0. The van der Waals surface area contributed by atoms with Gasteiger partial charge in [-0.15, -0.1) is 0 Å². The van der Waals surface area contributed by atoms with Gasteiger partial charge in [0.05, 0.1) is 0 Å². The zero-order chi connectivity index (χ0) is 15.2. The van der Waals surface area contributed by atoms with E-state index >= 15 is 0 Å². The highest BCUT2D eigenvalue weighted by molar-refractivity contribution is 4.75. The zero-order valence-corrected chi connectivity index (χ0v) is 15.2. The van der Waals surface area contributed by atoms with Crippen LogP contribution in [0.3, 0.4) is 0 Å². The topological polar surface area (TPSA) is 0 Å². The molecule has 1 saturated carbocycles. The molecule has 0 aromatic carbocycles. The van der Waals surface area contributed by atoms with E-state index in [-0.39, 0.29) is 0 Å². The second-order valence-corrected chi connectivity index (χ2v) is 7.56. The lowest BCUT2D eigenvalue weighted by atomic mass is 9.82. The second kappa shape index (κ2) is 13.6. The third-order valence-electron chi connectivity index (χ3n) is 5.67. The molecule has 0 heteroatoms. The van der Waals surface area contributed by atoms with Gasteiger partial charge in [0.25, 0.3) is 0 Å². The fourth-order valence-electron chi connectivity index (χ4n) is 4.24. The molecule has 126 valence electrons. The predicted octanol–water partition coefficient (Wildman–Crippen LogP) is 7.90. The molecule has 0 aromatic rings. The summed E-state index contributed by atoms with van der Waals surface area (Å²) in [6, 6.07) is 0. The van der Waals surface area contributed by atoms with Crippen LogP contribution in [0.1, 0.15) is 123 Å². The maximum atomic E-state index is 2.32. The Morgan fingerprint density at radius 3 is 1.52 bits per heavy atom. The van der Waals surface area contributed by atoms with Crippen molar-refractivity contribution in [2.24, 2.45) is 11.8 Å². The molecular weight excluding hydrogens is 252 g/mol. The Morgan fingerprint density at radius 1 is 0.619 bits per heavy atom. The van der Waals surface area contributed by atoms with Crippen LogP contribution in [0.2, 0.25) is 0 Å². The van der Waals surface area contributed by atoms with Gasteiger partial charge in [-0.3, -0.25) is 0 Å². The lowest BCUT2D eigenvalue weighted by molar-refractivity contribution is 0.281. The Labute approximate surface area is 135 Å². The molecule has 1 aliphatic rings. The average Bonchev–Trinajstić information content (AvgIpc) is 3.02. The van der Waals surface area contributed by atoms with Crippen molar-refractivity contribution in [1.82, 2.24) is 0 Å². The molecule has 0 nitrogen and oxygen atoms in total. The Kier molecular flexibility index (Phi) is 12.4. The van der Waals surface area contributed by atoms with Gasteiger partial charge in [0, 0.05) is 0 Å². The second-order valence-electron chi connectivity index (χ2n) is 7.56. The minimum Gasteiger partial charge on any atom is -0.0654 e. The van der Waals surface area contributed by atoms with Crippen molar-refractivity contribution < 1.29 is 0 Å². The standard InChI is InChI=1S/C21H42/c1-3-5-7-9-11-13-17-20(21-18-14-15-19-21)16-12-10-8-6-4-2/h20-21H,3-19H2,1-2H3. The Bertz CT molecular complexity index is 202. The molecular formula is C21H42. The molecule has 0 radical (unpaired) electrons.